The largest absolute Gasteiger partial charge is 0.468 e. The Kier molecular flexibility index (Phi) is 9.20. The molecule has 0 saturated carbocycles. The van der Waals surface area contributed by atoms with E-state index in [0.29, 0.717) is 35.6 Å². The van der Waals surface area contributed by atoms with Crippen molar-refractivity contribution in [2.75, 3.05) is 23.0 Å². The molecule has 0 aliphatic carbocycles. The molecule has 1 aromatic heterocycles. The number of rotatable bonds is 12. The van der Waals surface area contributed by atoms with Gasteiger partial charge in [-0.1, -0.05) is 85.3 Å². The van der Waals surface area contributed by atoms with Crippen molar-refractivity contribution in [3.05, 3.63) is 109 Å². The maximum atomic E-state index is 11.8. The molecule has 1 unspecified atom stereocenters. The second kappa shape index (κ2) is 13.3. The summed E-state index contributed by atoms with van der Waals surface area (Å²) in [5.74, 6) is 0.0203. The molecule has 10 nitrogen and oxygen atoms in total. The average Bonchev–Trinajstić information content (AvgIpc) is 3.58. The number of nitrogens with zero attached hydrogens (tertiary/aromatic N) is 2. The Morgan fingerprint density at radius 1 is 0.809 bits per heavy atom. The van der Waals surface area contributed by atoms with Crippen molar-refractivity contribution in [3.63, 3.8) is 0 Å². The number of benzene rings is 4. The highest BCUT2D eigenvalue weighted by Crippen LogP contribution is 2.42. The number of fused-ring (bicyclic) bond motifs is 2. The van der Waals surface area contributed by atoms with Gasteiger partial charge in [0.1, 0.15) is 11.5 Å². The van der Waals surface area contributed by atoms with Crippen LogP contribution >= 0.6 is 0 Å². The summed E-state index contributed by atoms with van der Waals surface area (Å²) in [5, 5.41) is 0. The van der Waals surface area contributed by atoms with Crippen LogP contribution in [0.15, 0.2) is 107 Å². The Labute approximate surface area is 274 Å². The first kappa shape index (κ1) is 32.5. The van der Waals surface area contributed by atoms with Gasteiger partial charge in [-0.05, 0) is 46.9 Å². The van der Waals surface area contributed by atoms with Crippen LogP contribution in [0, 0.1) is 0 Å². The summed E-state index contributed by atoms with van der Waals surface area (Å²) < 4.78 is 80.6. The molecule has 244 valence electrons. The minimum Gasteiger partial charge on any atom is -0.468 e. The lowest BCUT2D eigenvalue weighted by Crippen LogP contribution is -2.39. The van der Waals surface area contributed by atoms with E-state index in [1.807, 2.05) is 115 Å². The topological polar surface area (TPSA) is 138 Å². The number of hydrogen-bond acceptors (Lipinski definition) is 7. The third-order valence-electron chi connectivity index (χ3n) is 8.21. The monoisotopic (exact) mass is 675 g/mol. The minimum atomic E-state index is -4.26. The summed E-state index contributed by atoms with van der Waals surface area (Å²) in [6.07, 6.45) is 2.21. The second-order valence-corrected chi connectivity index (χ2v) is 14.5. The van der Waals surface area contributed by atoms with E-state index in [9.17, 15) is 25.9 Å². The minimum absolute atomic E-state index is 0.00694. The van der Waals surface area contributed by atoms with Gasteiger partial charge in [0.15, 0.2) is 12.8 Å². The smallest absolute Gasteiger partial charge is 0.374 e. The van der Waals surface area contributed by atoms with Crippen LogP contribution in [0.1, 0.15) is 25.7 Å². The number of hydrogen-bond donors (Lipinski definition) is 2. The predicted molar refractivity (Wildman–Crippen MR) is 181 cm³/mol. The van der Waals surface area contributed by atoms with Crippen molar-refractivity contribution in [2.45, 2.75) is 32.5 Å². The number of ether oxygens (including phenoxy) is 1. The number of aryl methyl sites for hydroxylation is 1. The molecule has 5 aromatic rings. The van der Waals surface area contributed by atoms with Gasteiger partial charge in [-0.3, -0.25) is 9.11 Å². The van der Waals surface area contributed by atoms with Gasteiger partial charge in [-0.15, -0.1) is 0 Å². The normalized spacial score (nSPS) is 15.2. The molecule has 2 N–H and O–H groups in total. The van der Waals surface area contributed by atoms with E-state index in [1.54, 1.807) is 4.57 Å². The van der Waals surface area contributed by atoms with Gasteiger partial charge in [0.05, 0.1) is 17.5 Å². The molecule has 47 heavy (non-hydrogen) atoms. The van der Waals surface area contributed by atoms with Gasteiger partial charge in [-0.25, -0.2) is 0 Å². The molecule has 4 aromatic carbocycles. The number of aromatic nitrogens is 1. The zero-order chi connectivity index (χ0) is 33.2. The molecule has 0 fully saturated rings. The first-order valence-electron chi connectivity index (χ1n) is 15.2. The maximum absolute atomic E-state index is 11.8. The van der Waals surface area contributed by atoms with E-state index in [0.717, 1.165) is 33.5 Å². The summed E-state index contributed by atoms with van der Waals surface area (Å²) in [6.45, 7) is 1.94. The fourth-order valence-electron chi connectivity index (χ4n) is 5.81. The van der Waals surface area contributed by atoms with Crippen molar-refractivity contribution in [3.8, 4) is 28.0 Å². The zero-order valence-corrected chi connectivity index (χ0v) is 27.3. The zero-order valence-electron chi connectivity index (χ0n) is 25.7. The van der Waals surface area contributed by atoms with Gasteiger partial charge in [0, 0.05) is 19.0 Å². The van der Waals surface area contributed by atoms with E-state index in [4.69, 9.17) is 9.15 Å². The molecular weight excluding hydrogens is 641 g/mol. The van der Waals surface area contributed by atoms with Crippen LogP contribution in [0.25, 0.3) is 39.4 Å². The van der Waals surface area contributed by atoms with Crippen LogP contribution in [0.3, 0.4) is 0 Å². The van der Waals surface area contributed by atoms with Crippen molar-refractivity contribution >= 4 is 43.1 Å². The molecule has 0 spiro atoms. The highest BCUT2D eigenvalue weighted by atomic mass is 32.2. The van der Waals surface area contributed by atoms with Gasteiger partial charge in [0.2, 0.25) is 5.58 Å². The van der Waals surface area contributed by atoms with E-state index in [1.165, 1.54) is 0 Å². The molecule has 1 atom stereocenters. The lowest BCUT2D eigenvalue weighted by atomic mass is 10.0. The summed E-state index contributed by atoms with van der Waals surface area (Å²) in [4.78, 5) is 1.84. The van der Waals surface area contributed by atoms with Crippen LogP contribution in [0.2, 0.25) is 0 Å². The lowest BCUT2D eigenvalue weighted by molar-refractivity contribution is -0.673. The first-order valence-corrected chi connectivity index (χ1v) is 18.4. The van der Waals surface area contributed by atoms with Crippen LogP contribution in [-0.4, -0.2) is 50.2 Å². The summed E-state index contributed by atoms with van der Waals surface area (Å²) in [5.41, 5.74) is 6.68. The van der Waals surface area contributed by atoms with Gasteiger partial charge < -0.3 is 14.1 Å². The third-order valence-corrected chi connectivity index (χ3v) is 9.60. The number of anilines is 1. The molecule has 12 heteroatoms. The van der Waals surface area contributed by atoms with E-state index in [2.05, 4.69) is 0 Å². The van der Waals surface area contributed by atoms with Crippen LogP contribution in [-0.2, 0) is 26.8 Å². The third kappa shape index (κ3) is 7.74. The Balaban J connectivity index is 1.36. The summed E-state index contributed by atoms with van der Waals surface area (Å²) in [6, 6.07) is 31.0. The van der Waals surface area contributed by atoms with Gasteiger partial charge >= 0.3 is 5.89 Å². The molecule has 0 amide bonds. The predicted octanol–water partition coefficient (Wildman–Crippen LogP) is 6.24. The second-order valence-electron chi connectivity index (χ2n) is 11.4. The Bertz CT molecular complexity index is 2150. The first-order chi connectivity index (χ1) is 22.5. The molecule has 1 aliphatic heterocycles. The molecular formula is C35H35N2O8S2+. The van der Waals surface area contributed by atoms with Crippen LogP contribution in [0.4, 0.5) is 5.69 Å². The van der Waals surface area contributed by atoms with E-state index < -0.39 is 38.0 Å². The Hall–Kier alpha value is -4.49. The SMILES string of the molecule is CC/C(=C/c1oc2ccc(-c3ccccc3)cc2[n+]1CCS(=O)(=O)O)CC1Oc2ccc(-c3ccccc3)cc2N1CCS(=O)(=O)O. The average molecular weight is 676 g/mol. The Morgan fingerprint density at radius 3 is 2.04 bits per heavy atom. The highest BCUT2D eigenvalue weighted by molar-refractivity contribution is 7.86. The fourth-order valence-corrected chi connectivity index (χ4v) is 6.65. The number of oxazole rings is 1. The van der Waals surface area contributed by atoms with Gasteiger partial charge in [0.25, 0.3) is 25.8 Å². The standard InChI is InChI=1S/C35H34N2O8S2/c1-2-25(21-34-36(17-19-46(38,39)40)30-23-28(13-15-32(30)44-34)26-9-5-3-6-10-26)22-35-37(18-20-47(41,42)43)31-24-29(14-16-33(31)45-35)27-11-7-4-8-12-27/h3-16,21,23-24,35H,2,17-20,22H2,1H3,(H-,38,39,40,41,42,43)/p+1/b25-21-. The molecule has 0 saturated heterocycles. The summed E-state index contributed by atoms with van der Waals surface area (Å²) >= 11 is 0. The van der Waals surface area contributed by atoms with Crippen molar-refractivity contribution in [1.29, 1.82) is 0 Å². The van der Waals surface area contributed by atoms with E-state index in [-0.39, 0.29) is 13.1 Å². The summed E-state index contributed by atoms with van der Waals surface area (Å²) in [7, 11) is -8.50. The quantitative estimate of drug-likeness (QED) is 0.116. The molecule has 0 bridgehead atoms. The lowest BCUT2D eigenvalue weighted by Gasteiger charge is -2.25. The fraction of sp³-hybridized carbons (Fsp3) is 0.229. The molecule has 2 heterocycles. The molecule has 6 rings (SSSR count). The van der Waals surface area contributed by atoms with Crippen molar-refractivity contribution < 1.29 is 39.7 Å². The molecule has 0 radical (unpaired) electrons. The Morgan fingerprint density at radius 2 is 1.43 bits per heavy atom. The van der Waals surface area contributed by atoms with Gasteiger partial charge in [-0.2, -0.15) is 21.4 Å². The highest BCUT2D eigenvalue weighted by Gasteiger charge is 2.33. The van der Waals surface area contributed by atoms with Crippen LogP contribution in [0.5, 0.6) is 5.75 Å². The van der Waals surface area contributed by atoms with Crippen molar-refractivity contribution in [2.24, 2.45) is 0 Å². The molecule has 1 aliphatic rings. The maximum Gasteiger partial charge on any atom is 0.374 e. The van der Waals surface area contributed by atoms with Crippen molar-refractivity contribution in [1.82, 2.24) is 0 Å². The van der Waals surface area contributed by atoms with Crippen LogP contribution < -0.4 is 14.2 Å². The van der Waals surface area contributed by atoms with E-state index >= 15 is 0 Å².